The van der Waals surface area contributed by atoms with Crippen LogP contribution in [0.5, 0.6) is 0 Å². The highest BCUT2D eigenvalue weighted by Gasteiger charge is 2.29. The van der Waals surface area contributed by atoms with Gasteiger partial charge >= 0.3 is 5.97 Å². The Bertz CT molecular complexity index is 1210. The molecule has 3 aromatic rings. The van der Waals surface area contributed by atoms with Crippen LogP contribution >= 0.6 is 12.6 Å². The first-order valence-electron chi connectivity index (χ1n) is 11.2. The van der Waals surface area contributed by atoms with Crippen LogP contribution in [0.3, 0.4) is 0 Å². The van der Waals surface area contributed by atoms with Gasteiger partial charge in [0.15, 0.2) is 0 Å². The molecule has 8 N–H and O–H groups in total. The summed E-state index contributed by atoms with van der Waals surface area (Å²) in [6.07, 6.45) is 4.97. The molecule has 13 heteroatoms. The molecule has 1 aromatic carbocycles. The van der Waals surface area contributed by atoms with Crippen molar-refractivity contribution >= 4 is 47.2 Å². The number of thiol groups is 1. The Labute approximate surface area is 212 Å². The molecule has 2 heterocycles. The molecule has 0 aliphatic carbocycles. The Kier molecular flexibility index (Phi) is 9.08. The molecular weight excluding hydrogens is 486 g/mol. The van der Waals surface area contributed by atoms with Crippen LogP contribution in [-0.4, -0.2) is 73.7 Å². The number of imidazole rings is 1. The van der Waals surface area contributed by atoms with Crippen molar-refractivity contribution in [2.24, 2.45) is 5.73 Å². The summed E-state index contributed by atoms with van der Waals surface area (Å²) in [4.78, 5) is 59.4. The highest BCUT2D eigenvalue weighted by Crippen LogP contribution is 2.18. The first kappa shape index (κ1) is 26.8. The summed E-state index contributed by atoms with van der Waals surface area (Å²) >= 11 is 3.94. The molecule has 0 aliphatic heterocycles. The number of carboxylic acid groups (broad SMARTS) is 1. The summed E-state index contributed by atoms with van der Waals surface area (Å²) in [6.45, 7) is 1.46. The maximum absolute atomic E-state index is 12.8. The number of nitrogens with zero attached hydrogens (tertiary/aromatic N) is 1. The van der Waals surface area contributed by atoms with E-state index in [0.717, 1.165) is 16.5 Å². The zero-order valence-corrected chi connectivity index (χ0v) is 20.4. The molecular formula is C23H29N7O5S. The van der Waals surface area contributed by atoms with E-state index in [2.05, 4.69) is 43.5 Å². The Morgan fingerprint density at radius 1 is 1.03 bits per heavy atom. The van der Waals surface area contributed by atoms with Gasteiger partial charge in [-0.2, -0.15) is 12.6 Å². The molecule has 4 unspecified atom stereocenters. The van der Waals surface area contributed by atoms with Crippen LogP contribution in [0.15, 0.2) is 43.0 Å². The molecule has 3 rings (SSSR count). The van der Waals surface area contributed by atoms with Gasteiger partial charge < -0.3 is 36.8 Å². The number of benzene rings is 1. The van der Waals surface area contributed by atoms with Crippen molar-refractivity contribution in [2.45, 2.75) is 43.9 Å². The monoisotopic (exact) mass is 515 g/mol. The van der Waals surface area contributed by atoms with Crippen LogP contribution in [0.1, 0.15) is 18.2 Å². The zero-order valence-electron chi connectivity index (χ0n) is 19.5. The average molecular weight is 516 g/mol. The fourth-order valence-electron chi connectivity index (χ4n) is 3.60. The van der Waals surface area contributed by atoms with Gasteiger partial charge in [0.2, 0.25) is 17.7 Å². The molecule has 0 saturated carbocycles. The van der Waals surface area contributed by atoms with Crippen molar-refractivity contribution in [3.05, 3.63) is 54.2 Å². The summed E-state index contributed by atoms with van der Waals surface area (Å²) < 4.78 is 0. The summed E-state index contributed by atoms with van der Waals surface area (Å²) in [6, 6.07) is 3.36. The predicted molar refractivity (Wildman–Crippen MR) is 135 cm³/mol. The van der Waals surface area contributed by atoms with E-state index in [9.17, 15) is 24.3 Å². The van der Waals surface area contributed by atoms with Crippen LogP contribution < -0.4 is 21.7 Å². The number of aromatic amines is 2. The molecule has 3 amide bonds. The fourth-order valence-corrected chi connectivity index (χ4v) is 3.84. The van der Waals surface area contributed by atoms with E-state index in [1.165, 1.54) is 19.4 Å². The normalized spacial score (nSPS) is 14.4. The van der Waals surface area contributed by atoms with E-state index in [-0.39, 0.29) is 18.6 Å². The molecule has 0 bridgehead atoms. The molecule has 0 spiro atoms. The van der Waals surface area contributed by atoms with E-state index in [0.29, 0.717) is 5.69 Å². The SMILES string of the molecule is CC(NC(=O)C(N)Cc1c[nH]c2ccccc12)C(=O)NC(Cc1cnc[nH]1)C(=O)NC(CS)C(=O)O. The number of aliphatic carboxylic acids is 1. The van der Waals surface area contributed by atoms with E-state index in [1.807, 2.05) is 24.3 Å². The number of rotatable bonds is 12. The van der Waals surface area contributed by atoms with Crippen LogP contribution in [-0.2, 0) is 32.0 Å². The van der Waals surface area contributed by atoms with Crippen LogP contribution in [0.2, 0.25) is 0 Å². The number of carboxylic acids is 1. The summed E-state index contributed by atoms with van der Waals surface area (Å²) in [5.41, 5.74) is 8.44. The Morgan fingerprint density at radius 3 is 2.42 bits per heavy atom. The molecule has 0 saturated heterocycles. The minimum atomic E-state index is -1.25. The fraction of sp³-hybridized carbons (Fsp3) is 0.348. The highest BCUT2D eigenvalue weighted by atomic mass is 32.1. The lowest BCUT2D eigenvalue weighted by Crippen LogP contribution is -2.57. The van der Waals surface area contributed by atoms with Crippen LogP contribution in [0.25, 0.3) is 10.9 Å². The second-order valence-electron chi connectivity index (χ2n) is 8.32. The van der Waals surface area contributed by atoms with Gasteiger partial charge in [0.25, 0.3) is 0 Å². The summed E-state index contributed by atoms with van der Waals surface area (Å²) in [7, 11) is 0. The molecule has 0 aliphatic rings. The van der Waals surface area contributed by atoms with Crippen molar-refractivity contribution in [1.29, 1.82) is 0 Å². The third-order valence-corrected chi connectivity index (χ3v) is 5.98. The van der Waals surface area contributed by atoms with Gasteiger partial charge in [-0.15, -0.1) is 0 Å². The first-order valence-corrected chi connectivity index (χ1v) is 11.9. The Morgan fingerprint density at radius 2 is 1.75 bits per heavy atom. The van der Waals surface area contributed by atoms with Crippen molar-refractivity contribution < 1.29 is 24.3 Å². The van der Waals surface area contributed by atoms with E-state index in [4.69, 9.17) is 5.73 Å². The number of fused-ring (bicyclic) bond motifs is 1. The number of hydrogen-bond donors (Lipinski definition) is 8. The lowest BCUT2D eigenvalue weighted by molar-refractivity contribution is -0.141. The standard InChI is InChI=1S/C23H29N7O5S/c1-12(28-21(32)16(24)6-13-8-26-17-5-3-2-4-15(13)17)20(31)29-18(7-14-9-25-11-27-14)22(33)30-19(10-36)23(34)35/h2-5,8-9,11-12,16,18-19,26,36H,6-7,10,24H2,1H3,(H,25,27)(H,28,32)(H,29,31)(H,30,33)(H,34,35). The van der Waals surface area contributed by atoms with Gasteiger partial charge in [0.1, 0.15) is 18.1 Å². The third-order valence-electron chi connectivity index (χ3n) is 5.61. The van der Waals surface area contributed by atoms with Gasteiger partial charge in [-0.1, -0.05) is 18.2 Å². The molecule has 36 heavy (non-hydrogen) atoms. The summed E-state index contributed by atoms with van der Waals surface area (Å²) in [5, 5.41) is 17.6. The van der Waals surface area contributed by atoms with Crippen molar-refractivity contribution in [2.75, 3.05) is 5.75 Å². The molecule has 4 atom stereocenters. The maximum atomic E-state index is 12.8. The number of nitrogens with one attached hydrogen (secondary N) is 5. The lowest BCUT2D eigenvalue weighted by atomic mass is 10.0. The van der Waals surface area contributed by atoms with Crippen molar-refractivity contribution in [1.82, 2.24) is 30.9 Å². The number of para-hydroxylation sites is 1. The minimum Gasteiger partial charge on any atom is -0.480 e. The number of carbonyl (C=O) groups excluding carboxylic acids is 3. The van der Waals surface area contributed by atoms with E-state index in [1.54, 1.807) is 6.20 Å². The number of H-pyrrole nitrogens is 2. The smallest absolute Gasteiger partial charge is 0.327 e. The minimum absolute atomic E-state index is 0.0250. The zero-order chi connectivity index (χ0) is 26.2. The lowest BCUT2D eigenvalue weighted by Gasteiger charge is -2.23. The quantitative estimate of drug-likeness (QED) is 0.149. The molecule has 2 aromatic heterocycles. The van der Waals surface area contributed by atoms with Crippen molar-refractivity contribution in [3.8, 4) is 0 Å². The van der Waals surface area contributed by atoms with Gasteiger partial charge in [-0.25, -0.2) is 9.78 Å². The number of nitrogens with two attached hydrogens (primary N) is 1. The van der Waals surface area contributed by atoms with E-state index < -0.39 is 47.9 Å². The second kappa shape index (κ2) is 12.2. The second-order valence-corrected chi connectivity index (χ2v) is 8.69. The van der Waals surface area contributed by atoms with Gasteiger partial charge in [0.05, 0.1) is 12.4 Å². The Balaban J connectivity index is 1.61. The van der Waals surface area contributed by atoms with Gasteiger partial charge in [0, 0.05) is 41.2 Å². The van der Waals surface area contributed by atoms with Crippen molar-refractivity contribution in [3.63, 3.8) is 0 Å². The third kappa shape index (κ3) is 6.86. The predicted octanol–water partition coefficient (Wildman–Crippen LogP) is -0.508. The Hall–Kier alpha value is -3.84. The number of aromatic nitrogens is 3. The van der Waals surface area contributed by atoms with Gasteiger partial charge in [-0.05, 0) is 25.0 Å². The van der Waals surface area contributed by atoms with Crippen LogP contribution in [0.4, 0.5) is 0 Å². The van der Waals surface area contributed by atoms with E-state index >= 15 is 0 Å². The topological polar surface area (TPSA) is 195 Å². The highest BCUT2D eigenvalue weighted by molar-refractivity contribution is 7.80. The number of carbonyl (C=O) groups is 4. The summed E-state index contributed by atoms with van der Waals surface area (Å²) in [5.74, 6) is -3.27. The largest absolute Gasteiger partial charge is 0.480 e. The molecule has 12 nitrogen and oxygen atoms in total. The average Bonchev–Trinajstić information content (AvgIpc) is 3.51. The molecule has 192 valence electrons. The molecule has 0 radical (unpaired) electrons. The van der Waals surface area contributed by atoms with Gasteiger partial charge in [-0.3, -0.25) is 14.4 Å². The number of amides is 3. The van der Waals surface area contributed by atoms with Crippen LogP contribution in [0, 0.1) is 0 Å². The maximum Gasteiger partial charge on any atom is 0.327 e. The number of hydrogen-bond acceptors (Lipinski definition) is 7. The first-order chi connectivity index (χ1) is 17.2. The molecule has 0 fully saturated rings.